The van der Waals surface area contributed by atoms with Crippen LogP contribution in [0.4, 0.5) is 10.1 Å². The smallest absolute Gasteiger partial charge is 0.275 e. The van der Waals surface area contributed by atoms with Gasteiger partial charge in [-0.2, -0.15) is 0 Å². The minimum atomic E-state index is -0.465. The Morgan fingerprint density at radius 2 is 2.05 bits per heavy atom. The average Bonchev–Trinajstić information content (AvgIpc) is 2.85. The van der Waals surface area contributed by atoms with Crippen LogP contribution < -0.4 is 0 Å². The van der Waals surface area contributed by atoms with Gasteiger partial charge in [0.05, 0.1) is 17.0 Å². The van der Waals surface area contributed by atoms with E-state index in [1.807, 2.05) is 0 Å². The van der Waals surface area contributed by atoms with E-state index in [9.17, 15) is 14.5 Å². The third-order valence-electron chi connectivity index (χ3n) is 3.35. The summed E-state index contributed by atoms with van der Waals surface area (Å²) < 4.78 is 15.4. The van der Waals surface area contributed by atoms with E-state index in [4.69, 9.17) is 11.6 Å². The van der Waals surface area contributed by atoms with Crippen LogP contribution in [0, 0.1) is 15.9 Å². The fourth-order valence-electron chi connectivity index (χ4n) is 2.35. The van der Waals surface area contributed by atoms with E-state index in [0.29, 0.717) is 21.5 Å². The van der Waals surface area contributed by atoms with E-state index < -0.39 is 4.92 Å². The normalized spacial score (nSPS) is 11.0. The Morgan fingerprint density at radius 3 is 2.81 bits per heavy atom. The van der Waals surface area contributed by atoms with E-state index in [1.54, 1.807) is 41.1 Å². The van der Waals surface area contributed by atoms with Gasteiger partial charge in [0, 0.05) is 28.2 Å². The molecule has 21 heavy (non-hydrogen) atoms. The Balaban J connectivity index is 2.07. The topological polar surface area (TPSA) is 48.1 Å². The lowest BCUT2D eigenvalue weighted by atomic mass is 10.1. The van der Waals surface area contributed by atoms with Crippen LogP contribution in [-0.4, -0.2) is 9.49 Å². The highest BCUT2D eigenvalue weighted by Crippen LogP contribution is 2.26. The van der Waals surface area contributed by atoms with Crippen molar-refractivity contribution in [2.24, 2.45) is 0 Å². The molecular formula is C15H10ClFN2O2. The number of benzene rings is 2. The third kappa shape index (κ3) is 2.48. The molecule has 0 aliphatic rings. The minimum absolute atomic E-state index is 0.0410. The van der Waals surface area contributed by atoms with E-state index in [2.05, 4.69) is 0 Å². The van der Waals surface area contributed by atoms with Gasteiger partial charge in [-0.1, -0.05) is 17.7 Å². The third-order valence-corrected chi connectivity index (χ3v) is 3.58. The zero-order valence-corrected chi connectivity index (χ0v) is 11.5. The molecular weight excluding hydrogens is 295 g/mol. The molecule has 0 fully saturated rings. The Morgan fingerprint density at radius 1 is 1.24 bits per heavy atom. The van der Waals surface area contributed by atoms with Gasteiger partial charge >= 0.3 is 0 Å². The highest BCUT2D eigenvalue weighted by atomic mass is 35.5. The van der Waals surface area contributed by atoms with Crippen LogP contribution in [0.25, 0.3) is 10.9 Å². The van der Waals surface area contributed by atoms with Crippen molar-refractivity contribution in [3.05, 3.63) is 75.2 Å². The van der Waals surface area contributed by atoms with Crippen LogP contribution in [0.3, 0.4) is 0 Å². The number of halogens is 2. The van der Waals surface area contributed by atoms with Crippen LogP contribution in [0.5, 0.6) is 0 Å². The molecule has 0 saturated heterocycles. The van der Waals surface area contributed by atoms with Crippen LogP contribution in [0.1, 0.15) is 5.56 Å². The zero-order valence-electron chi connectivity index (χ0n) is 10.8. The number of hydrogen-bond acceptors (Lipinski definition) is 2. The molecule has 0 radical (unpaired) electrons. The maximum Gasteiger partial charge on any atom is 0.275 e. The van der Waals surface area contributed by atoms with Crippen molar-refractivity contribution in [3.8, 4) is 0 Å². The standard InChI is InChI=1S/C15H10ClFN2O2/c16-11-5-4-10(15(8-11)19(20)21)9-18-7-6-12-13(17)2-1-3-14(12)18/h1-8H,9H2. The van der Waals surface area contributed by atoms with E-state index in [-0.39, 0.29) is 18.0 Å². The molecule has 2 aromatic carbocycles. The zero-order chi connectivity index (χ0) is 15.0. The summed E-state index contributed by atoms with van der Waals surface area (Å²) in [5.41, 5.74) is 1.17. The number of rotatable bonds is 3. The van der Waals surface area contributed by atoms with Crippen molar-refractivity contribution < 1.29 is 9.31 Å². The lowest BCUT2D eigenvalue weighted by molar-refractivity contribution is -0.385. The Labute approximate surface area is 124 Å². The second-order valence-corrected chi connectivity index (χ2v) is 5.08. The van der Waals surface area contributed by atoms with Gasteiger partial charge in [-0.3, -0.25) is 10.1 Å². The van der Waals surface area contributed by atoms with Gasteiger partial charge in [-0.15, -0.1) is 0 Å². The second kappa shape index (κ2) is 5.18. The SMILES string of the molecule is O=[N+]([O-])c1cc(Cl)ccc1Cn1ccc2c(F)cccc21. The van der Waals surface area contributed by atoms with Crippen molar-refractivity contribution in [3.63, 3.8) is 0 Å². The number of nitrogens with zero attached hydrogens (tertiary/aromatic N) is 2. The van der Waals surface area contributed by atoms with E-state index in [1.165, 1.54) is 12.1 Å². The highest BCUT2D eigenvalue weighted by molar-refractivity contribution is 6.30. The Kier molecular flexibility index (Phi) is 3.35. The predicted molar refractivity (Wildman–Crippen MR) is 79.1 cm³/mol. The molecule has 0 spiro atoms. The molecule has 6 heteroatoms. The predicted octanol–water partition coefficient (Wildman–Crippen LogP) is 4.39. The van der Waals surface area contributed by atoms with Crippen molar-refractivity contribution in [1.82, 2.24) is 4.57 Å². The minimum Gasteiger partial charge on any atom is -0.343 e. The summed E-state index contributed by atoms with van der Waals surface area (Å²) in [6.45, 7) is 0.278. The first-order valence-corrected chi connectivity index (χ1v) is 6.60. The first-order valence-electron chi connectivity index (χ1n) is 6.22. The van der Waals surface area contributed by atoms with Gasteiger partial charge in [0.1, 0.15) is 5.82 Å². The van der Waals surface area contributed by atoms with Crippen LogP contribution >= 0.6 is 11.6 Å². The monoisotopic (exact) mass is 304 g/mol. The Hall–Kier alpha value is -2.40. The molecule has 0 saturated carbocycles. The van der Waals surface area contributed by atoms with Crippen molar-refractivity contribution >= 4 is 28.2 Å². The summed E-state index contributed by atoms with van der Waals surface area (Å²) >= 11 is 5.80. The lowest BCUT2D eigenvalue weighted by Gasteiger charge is -2.07. The molecule has 0 amide bonds. The van der Waals surface area contributed by atoms with Gasteiger partial charge in [-0.25, -0.2) is 4.39 Å². The number of nitro groups is 1. The average molecular weight is 305 g/mol. The summed E-state index contributed by atoms with van der Waals surface area (Å²) in [6.07, 6.45) is 1.71. The molecule has 0 bridgehead atoms. The molecule has 0 N–H and O–H groups in total. The van der Waals surface area contributed by atoms with Crippen molar-refractivity contribution in [1.29, 1.82) is 0 Å². The number of hydrogen-bond donors (Lipinski definition) is 0. The molecule has 3 aromatic rings. The first kappa shape index (κ1) is 13.6. The summed E-state index contributed by atoms with van der Waals surface area (Å²) in [7, 11) is 0. The summed E-state index contributed by atoms with van der Waals surface area (Å²) in [4.78, 5) is 10.6. The van der Waals surface area contributed by atoms with Crippen LogP contribution in [0.2, 0.25) is 5.02 Å². The quantitative estimate of drug-likeness (QED) is 0.532. The molecule has 0 aliphatic carbocycles. The molecule has 1 heterocycles. The number of nitro benzene ring substituents is 1. The molecule has 4 nitrogen and oxygen atoms in total. The molecule has 0 unspecified atom stereocenters. The summed E-state index contributed by atoms with van der Waals surface area (Å²) in [5.74, 6) is -0.308. The maximum absolute atomic E-state index is 13.7. The number of fused-ring (bicyclic) bond motifs is 1. The lowest BCUT2D eigenvalue weighted by Crippen LogP contribution is -2.02. The van der Waals surface area contributed by atoms with Gasteiger partial charge < -0.3 is 4.57 Å². The fraction of sp³-hybridized carbons (Fsp3) is 0.0667. The fourth-order valence-corrected chi connectivity index (χ4v) is 2.51. The summed E-state index contributed by atoms with van der Waals surface area (Å²) in [6, 6.07) is 11.0. The van der Waals surface area contributed by atoms with Crippen LogP contribution in [0.15, 0.2) is 48.7 Å². The number of aromatic nitrogens is 1. The van der Waals surface area contributed by atoms with Gasteiger partial charge in [0.15, 0.2) is 0 Å². The molecule has 1 aromatic heterocycles. The van der Waals surface area contributed by atoms with Crippen LogP contribution in [-0.2, 0) is 6.54 Å². The van der Waals surface area contributed by atoms with Gasteiger partial charge in [0.25, 0.3) is 5.69 Å². The van der Waals surface area contributed by atoms with E-state index >= 15 is 0 Å². The first-order chi connectivity index (χ1) is 10.1. The maximum atomic E-state index is 13.7. The van der Waals surface area contributed by atoms with Gasteiger partial charge in [0.2, 0.25) is 0 Å². The Bertz CT molecular complexity index is 845. The molecule has 3 rings (SSSR count). The van der Waals surface area contributed by atoms with Crippen molar-refractivity contribution in [2.45, 2.75) is 6.54 Å². The largest absolute Gasteiger partial charge is 0.343 e. The molecule has 106 valence electrons. The molecule has 0 aliphatic heterocycles. The molecule has 0 atom stereocenters. The second-order valence-electron chi connectivity index (χ2n) is 4.65. The van der Waals surface area contributed by atoms with E-state index in [0.717, 1.165) is 0 Å². The van der Waals surface area contributed by atoms with Gasteiger partial charge in [-0.05, 0) is 30.3 Å². The summed E-state index contributed by atoms with van der Waals surface area (Å²) in [5, 5.41) is 11.9. The highest BCUT2D eigenvalue weighted by Gasteiger charge is 2.15. The van der Waals surface area contributed by atoms with Crippen molar-refractivity contribution in [2.75, 3.05) is 0 Å².